The number of thioether (sulfide) groups is 1. The highest BCUT2D eigenvalue weighted by Gasteiger charge is 2.10. The molecule has 0 bridgehead atoms. The second-order valence-electron chi connectivity index (χ2n) is 5.29. The van der Waals surface area contributed by atoms with Crippen molar-refractivity contribution in [2.45, 2.75) is 11.8 Å². The Kier molecular flexibility index (Phi) is 4.58. The maximum absolute atomic E-state index is 4.65. The third-order valence-corrected chi connectivity index (χ3v) is 4.47. The number of aryl methyl sites for hydroxylation is 1. The van der Waals surface area contributed by atoms with Crippen LogP contribution in [-0.4, -0.2) is 16.2 Å². The van der Waals surface area contributed by atoms with Crippen LogP contribution in [0.2, 0.25) is 0 Å². The maximum Gasteiger partial charge on any atom is 0.0796 e. The van der Waals surface area contributed by atoms with Gasteiger partial charge in [-0.1, -0.05) is 24.8 Å². The zero-order chi connectivity index (χ0) is 16.2. The number of hydrogen-bond acceptors (Lipinski definition) is 3. The highest BCUT2D eigenvalue weighted by molar-refractivity contribution is 7.98. The van der Waals surface area contributed by atoms with E-state index in [0.717, 1.165) is 33.6 Å². The molecule has 3 rings (SSSR count). The number of hydrogen-bond donors (Lipinski definition) is 0. The molecule has 23 heavy (non-hydrogen) atoms. The van der Waals surface area contributed by atoms with Crippen molar-refractivity contribution in [1.29, 1.82) is 0 Å². The van der Waals surface area contributed by atoms with Gasteiger partial charge < -0.3 is 0 Å². The molecule has 2 heterocycles. The molecule has 0 N–H and O–H groups in total. The van der Waals surface area contributed by atoms with Crippen LogP contribution in [0.4, 0.5) is 0 Å². The predicted molar refractivity (Wildman–Crippen MR) is 99.5 cm³/mol. The van der Waals surface area contributed by atoms with Crippen LogP contribution in [0.3, 0.4) is 0 Å². The lowest BCUT2D eigenvalue weighted by molar-refractivity contribution is 1.19. The van der Waals surface area contributed by atoms with E-state index in [2.05, 4.69) is 59.2 Å². The fourth-order valence-corrected chi connectivity index (χ4v) is 2.83. The van der Waals surface area contributed by atoms with Crippen LogP contribution in [0, 0.1) is 6.92 Å². The molecular weight excluding hydrogens is 300 g/mol. The Labute approximate surface area is 141 Å². The first kappa shape index (κ1) is 15.5. The van der Waals surface area contributed by atoms with Crippen LogP contribution in [0.5, 0.6) is 0 Å². The van der Waals surface area contributed by atoms with Gasteiger partial charge in [-0.2, -0.15) is 0 Å². The highest BCUT2D eigenvalue weighted by Crippen LogP contribution is 2.32. The zero-order valence-corrected chi connectivity index (χ0v) is 14.1. The average Bonchev–Trinajstić information content (AvgIpc) is 2.62. The van der Waals surface area contributed by atoms with Gasteiger partial charge in [-0.25, -0.2) is 0 Å². The summed E-state index contributed by atoms with van der Waals surface area (Å²) in [6.07, 6.45) is 7.63. The Morgan fingerprint density at radius 3 is 2.30 bits per heavy atom. The number of nitrogens with zero attached hydrogens (tertiary/aromatic N) is 2. The largest absolute Gasteiger partial charge is 0.261 e. The minimum Gasteiger partial charge on any atom is -0.261 e. The van der Waals surface area contributed by atoms with Gasteiger partial charge in [0, 0.05) is 34.1 Å². The molecule has 114 valence electrons. The van der Waals surface area contributed by atoms with Gasteiger partial charge in [-0.15, -0.1) is 11.8 Å². The van der Waals surface area contributed by atoms with Crippen molar-refractivity contribution in [2.24, 2.45) is 0 Å². The minimum atomic E-state index is 0.944. The van der Waals surface area contributed by atoms with Gasteiger partial charge in [0.2, 0.25) is 0 Å². The fraction of sp³-hybridized carbons (Fsp3) is 0.100. The monoisotopic (exact) mass is 318 g/mol. The second-order valence-corrected chi connectivity index (χ2v) is 6.17. The van der Waals surface area contributed by atoms with Crippen LogP contribution in [0.15, 0.2) is 66.3 Å². The van der Waals surface area contributed by atoms with Gasteiger partial charge in [0.25, 0.3) is 0 Å². The van der Waals surface area contributed by atoms with E-state index in [4.69, 9.17) is 0 Å². The normalized spacial score (nSPS) is 10.5. The Hall–Kier alpha value is -2.39. The predicted octanol–water partition coefficient (Wildman–Crippen LogP) is 5.48. The molecule has 0 unspecified atom stereocenters. The Bertz CT molecular complexity index is 821. The Balaban J connectivity index is 2.15. The van der Waals surface area contributed by atoms with Gasteiger partial charge in [0.05, 0.1) is 5.69 Å². The summed E-state index contributed by atoms with van der Waals surface area (Å²) in [6, 6.07) is 14.8. The first-order chi connectivity index (χ1) is 11.2. The van der Waals surface area contributed by atoms with Crippen LogP contribution in [-0.2, 0) is 0 Å². The first-order valence-electron chi connectivity index (χ1n) is 7.41. The summed E-state index contributed by atoms with van der Waals surface area (Å²) in [5.41, 5.74) is 6.23. The molecule has 3 aromatic rings. The van der Waals surface area contributed by atoms with Gasteiger partial charge in [-0.3, -0.25) is 9.97 Å². The molecular formula is C20H18N2S. The van der Waals surface area contributed by atoms with E-state index in [0.29, 0.717) is 0 Å². The van der Waals surface area contributed by atoms with Crippen molar-refractivity contribution >= 4 is 17.8 Å². The molecule has 0 saturated heterocycles. The van der Waals surface area contributed by atoms with Crippen molar-refractivity contribution in [3.8, 4) is 22.4 Å². The quantitative estimate of drug-likeness (QED) is 0.595. The van der Waals surface area contributed by atoms with Gasteiger partial charge in [-0.05, 0) is 54.6 Å². The molecule has 0 aliphatic carbocycles. The van der Waals surface area contributed by atoms with Crippen LogP contribution in [0.1, 0.15) is 11.3 Å². The second kappa shape index (κ2) is 6.80. The van der Waals surface area contributed by atoms with Crippen molar-refractivity contribution in [2.75, 3.05) is 6.26 Å². The molecule has 0 amide bonds. The lowest BCUT2D eigenvalue weighted by Crippen LogP contribution is -1.92. The molecule has 0 aliphatic heterocycles. The number of rotatable bonds is 4. The molecule has 0 radical (unpaired) electrons. The van der Waals surface area contributed by atoms with E-state index in [1.165, 1.54) is 4.90 Å². The molecule has 0 atom stereocenters. The molecule has 1 aromatic carbocycles. The van der Waals surface area contributed by atoms with E-state index in [1.807, 2.05) is 31.5 Å². The van der Waals surface area contributed by atoms with Gasteiger partial charge in [0.1, 0.15) is 0 Å². The molecule has 0 aliphatic rings. The molecule has 0 spiro atoms. The van der Waals surface area contributed by atoms with Crippen LogP contribution in [0.25, 0.3) is 28.5 Å². The lowest BCUT2D eigenvalue weighted by Gasteiger charge is -2.11. The third-order valence-electron chi connectivity index (χ3n) is 3.73. The first-order valence-corrected chi connectivity index (χ1v) is 8.63. The van der Waals surface area contributed by atoms with Crippen LogP contribution < -0.4 is 0 Å². The average molecular weight is 318 g/mol. The smallest absolute Gasteiger partial charge is 0.0796 e. The summed E-state index contributed by atoms with van der Waals surface area (Å²) in [6.45, 7) is 5.84. The van der Waals surface area contributed by atoms with Crippen LogP contribution >= 0.6 is 11.8 Å². The highest BCUT2D eigenvalue weighted by atomic mass is 32.2. The summed E-state index contributed by atoms with van der Waals surface area (Å²) in [7, 11) is 0. The topological polar surface area (TPSA) is 25.8 Å². The summed E-state index contributed by atoms with van der Waals surface area (Å²) < 4.78 is 0. The summed E-state index contributed by atoms with van der Waals surface area (Å²) in [5.74, 6) is 0. The lowest BCUT2D eigenvalue weighted by atomic mass is 9.98. The zero-order valence-electron chi connectivity index (χ0n) is 13.3. The fourth-order valence-electron chi connectivity index (χ4n) is 2.42. The maximum atomic E-state index is 4.65. The Morgan fingerprint density at radius 2 is 1.70 bits per heavy atom. The molecule has 2 aromatic heterocycles. The SMILES string of the molecule is C=Cc1cnc(-c2ccc(C)nc2)c(-c2ccc(SC)cc2)c1. The molecule has 0 saturated carbocycles. The van der Waals surface area contributed by atoms with Gasteiger partial charge in [0.15, 0.2) is 0 Å². The number of pyridine rings is 2. The third kappa shape index (κ3) is 3.35. The van der Waals surface area contributed by atoms with E-state index < -0.39 is 0 Å². The van der Waals surface area contributed by atoms with E-state index in [1.54, 1.807) is 11.8 Å². The molecule has 3 heteroatoms. The summed E-state index contributed by atoms with van der Waals surface area (Å²) in [4.78, 5) is 10.3. The van der Waals surface area contributed by atoms with Crippen molar-refractivity contribution in [3.05, 3.63) is 72.7 Å². The van der Waals surface area contributed by atoms with E-state index in [9.17, 15) is 0 Å². The summed E-state index contributed by atoms with van der Waals surface area (Å²) in [5, 5.41) is 0. The molecule has 2 nitrogen and oxygen atoms in total. The number of benzene rings is 1. The van der Waals surface area contributed by atoms with Crippen molar-refractivity contribution in [3.63, 3.8) is 0 Å². The minimum absolute atomic E-state index is 0.944. The molecule has 0 fully saturated rings. The van der Waals surface area contributed by atoms with E-state index in [-0.39, 0.29) is 0 Å². The standard InChI is InChI=1S/C20H18N2S/c1-4-15-11-19(16-7-9-18(23-3)10-8-16)20(22-12-15)17-6-5-14(2)21-13-17/h4-13H,1H2,2-3H3. The van der Waals surface area contributed by atoms with Crippen molar-refractivity contribution in [1.82, 2.24) is 9.97 Å². The van der Waals surface area contributed by atoms with E-state index >= 15 is 0 Å². The summed E-state index contributed by atoms with van der Waals surface area (Å²) >= 11 is 1.74. The number of aromatic nitrogens is 2. The van der Waals surface area contributed by atoms with Gasteiger partial charge >= 0.3 is 0 Å². The van der Waals surface area contributed by atoms with Crippen molar-refractivity contribution < 1.29 is 0 Å². The Morgan fingerprint density at radius 1 is 0.957 bits per heavy atom.